The Morgan fingerprint density at radius 2 is 1.73 bits per heavy atom. The second kappa shape index (κ2) is 6.56. The van der Waals surface area contributed by atoms with Crippen molar-refractivity contribution in [1.29, 1.82) is 0 Å². The predicted molar refractivity (Wildman–Crippen MR) is 105 cm³/mol. The maximum atomic E-state index is 12.5. The minimum atomic E-state index is -0.481. The van der Waals surface area contributed by atoms with Gasteiger partial charge in [0.2, 0.25) is 5.88 Å². The molecule has 0 amide bonds. The molecule has 0 saturated heterocycles. The summed E-state index contributed by atoms with van der Waals surface area (Å²) in [6.45, 7) is 1.70. The maximum Gasteiger partial charge on any atom is 0.347 e. The number of para-hydroxylation sites is 1. The molecule has 4 nitrogen and oxygen atoms in total. The molecule has 6 heteroatoms. The molecule has 130 valence electrons. The SMILES string of the molecule is Cc1cc2oc(Nc3ccccc3)c(-c3ccc(Cl)cc3Cl)c2c(=O)o1. The number of benzene rings is 2. The summed E-state index contributed by atoms with van der Waals surface area (Å²) in [7, 11) is 0. The van der Waals surface area contributed by atoms with Gasteiger partial charge in [0.25, 0.3) is 0 Å². The second-order valence-corrected chi connectivity index (χ2v) is 6.65. The van der Waals surface area contributed by atoms with Gasteiger partial charge in [0, 0.05) is 22.3 Å². The minimum absolute atomic E-state index is 0.332. The van der Waals surface area contributed by atoms with Crippen molar-refractivity contribution >= 4 is 45.7 Å². The summed E-state index contributed by atoms with van der Waals surface area (Å²) in [6, 6.07) is 16.3. The highest BCUT2D eigenvalue weighted by Crippen LogP contribution is 2.42. The van der Waals surface area contributed by atoms with Crippen molar-refractivity contribution in [2.24, 2.45) is 0 Å². The van der Waals surface area contributed by atoms with Gasteiger partial charge in [0.1, 0.15) is 16.7 Å². The fraction of sp³-hybridized carbons (Fsp3) is 0.0500. The molecule has 2 aromatic carbocycles. The zero-order valence-electron chi connectivity index (χ0n) is 13.7. The average molecular weight is 386 g/mol. The van der Waals surface area contributed by atoms with Gasteiger partial charge >= 0.3 is 5.63 Å². The highest BCUT2D eigenvalue weighted by atomic mass is 35.5. The Morgan fingerprint density at radius 3 is 2.46 bits per heavy atom. The number of anilines is 2. The third-order valence-electron chi connectivity index (χ3n) is 3.96. The van der Waals surface area contributed by atoms with Gasteiger partial charge in [-0.15, -0.1) is 0 Å². The van der Waals surface area contributed by atoms with Crippen LogP contribution < -0.4 is 10.9 Å². The first-order valence-corrected chi connectivity index (χ1v) is 8.63. The number of aryl methyl sites for hydroxylation is 1. The molecule has 4 aromatic rings. The molecule has 0 bridgehead atoms. The minimum Gasteiger partial charge on any atom is -0.439 e. The zero-order chi connectivity index (χ0) is 18.3. The van der Waals surface area contributed by atoms with Gasteiger partial charge in [-0.1, -0.05) is 47.5 Å². The number of halogens is 2. The van der Waals surface area contributed by atoms with Gasteiger partial charge in [0.05, 0.1) is 10.6 Å². The molecule has 0 saturated carbocycles. The fourth-order valence-corrected chi connectivity index (χ4v) is 3.36. The molecule has 0 spiro atoms. The van der Waals surface area contributed by atoms with Crippen LogP contribution in [0.3, 0.4) is 0 Å². The van der Waals surface area contributed by atoms with E-state index in [9.17, 15) is 4.79 Å². The third kappa shape index (κ3) is 2.98. The van der Waals surface area contributed by atoms with Gasteiger partial charge < -0.3 is 14.2 Å². The second-order valence-electron chi connectivity index (χ2n) is 5.81. The Balaban J connectivity index is 2.01. The molecule has 4 rings (SSSR count). The van der Waals surface area contributed by atoms with E-state index < -0.39 is 5.63 Å². The third-order valence-corrected chi connectivity index (χ3v) is 4.51. The van der Waals surface area contributed by atoms with Crippen molar-refractivity contribution in [3.8, 4) is 11.1 Å². The van der Waals surface area contributed by atoms with E-state index in [2.05, 4.69) is 5.32 Å². The van der Waals surface area contributed by atoms with E-state index in [4.69, 9.17) is 32.0 Å². The van der Waals surface area contributed by atoms with Crippen LogP contribution in [0.15, 0.2) is 68.2 Å². The molecule has 0 atom stereocenters. The Morgan fingerprint density at radius 1 is 0.962 bits per heavy atom. The van der Waals surface area contributed by atoms with Gasteiger partial charge in [-0.25, -0.2) is 4.79 Å². The standard InChI is InChI=1S/C20H13Cl2NO3/c1-11-9-16-18(20(24)25-11)17(14-8-7-12(21)10-15(14)22)19(26-16)23-13-5-3-2-4-6-13/h2-10,23H,1H3. The molecule has 0 aliphatic carbocycles. The van der Waals surface area contributed by atoms with E-state index in [0.29, 0.717) is 43.8 Å². The zero-order valence-corrected chi connectivity index (χ0v) is 15.2. The Hall–Kier alpha value is -2.69. The number of furan rings is 1. The molecule has 2 aromatic heterocycles. The van der Waals surface area contributed by atoms with Crippen molar-refractivity contribution in [3.63, 3.8) is 0 Å². The summed E-state index contributed by atoms with van der Waals surface area (Å²) in [5.74, 6) is 0.879. The van der Waals surface area contributed by atoms with Crippen molar-refractivity contribution in [1.82, 2.24) is 0 Å². The Kier molecular flexibility index (Phi) is 4.23. The van der Waals surface area contributed by atoms with Gasteiger partial charge in [0.15, 0.2) is 0 Å². The largest absolute Gasteiger partial charge is 0.439 e. The van der Waals surface area contributed by atoms with E-state index in [-0.39, 0.29) is 0 Å². The summed E-state index contributed by atoms with van der Waals surface area (Å²) >= 11 is 12.4. The number of rotatable bonds is 3. The van der Waals surface area contributed by atoms with E-state index in [1.807, 2.05) is 30.3 Å². The molecular formula is C20H13Cl2NO3. The summed E-state index contributed by atoms with van der Waals surface area (Å²) in [5, 5.41) is 4.46. The van der Waals surface area contributed by atoms with Gasteiger partial charge in [-0.05, 0) is 31.2 Å². The number of hydrogen-bond donors (Lipinski definition) is 1. The Bertz CT molecular complexity index is 1160. The first kappa shape index (κ1) is 16.8. The Labute approximate surface area is 159 Å². The van der Waals surface area contributed by atoms with Crippen LogP contribution in [-0.4, -0.2) is 0 Å². The molecule has 0 aliphatic rings. The van der Waals surface area contributed by atoms with Crippen LogP contribution in [0.25, 0.3) is 22.1 Å². The highest BCUT2D eigenvalue weighted by molar-refractivity contribution is 6.37. The van der Waals surface area contributed by atoms with Gasteiger partial charge in [-0.3, -0.25) is 0 Å². The lowest BCUT2D eigenvalue weighted by Crippen LogP contribution is -2.00. The summed E-state index contributed by atoms with van der Waals surface area (Å²) in [5.41, 5.74) is 1.94. The molecule has 0 aliphatic heterocycles. The van der Waals surface area contributed by atoms with Crippen molar-refractivity contribution in [3.05, 3.63) is 80.8 Å². The maximum absolute atomic E-state index is 12.5. The monoisotopic (exact) mass is 385 g/mol. The molecule has 0 unspecified atom stereocenters. The smallest absolute Gasteiger partial charge is 0.347 e. The highest BCUT2D eigenvalue weighted by Gasteiger charge is 2.22. The van der Waals surface area contributed by atoms with Crippen LogP contribution in [0, 0.1) is 6.92 Å². The lowest BCUT2D eigenvalue weighted by molar-refractivity contribution is 0.485. The summed E-state index contributed by atoms with van der Waals surface area (Å²) in [6.07, 6.45) is 0. The van der Waals surface area contributed by atoms with E-state index in [1.165, 1.54) is 0 Å². The van der Waals surface area contributed by atoms with E-state index in [0.717, 1.165) is 5.69 Å². The van der Waals surface area contributed by atoms with Gasteiger partial charge in [-0.2, -0.15) is 0 Å². The number of nitrogens with one attached hydrogen (secondary N) is 1. The van der Waals surface area contributed by atoms with Crippen LogP contribution in [0.1, 0.15) is 5.76 Å². The van der Waals surface area contributed by atoms with Crippen molar-refractivity contribution < 1.29 is 8.83 Å². The summed E-state index contributed by atoms with van der Waals surface area (Å²) in [4.78, 5) is 12.5. The van der Waals surface area contributed by atoms with Crippen molar-refractivity contribution in [2.45, 2.75) is 6.92 Å². The van der Waals surface area contributed by atoms with E-state index >= 15 is 0 Å². The number of hydrogen-bond acceptors (Lipinski definition) is 4. The number of fused-ring (bicyclic) bond motifs is 1. The average Bonchev–Trinajstić information content (AvgIpc) is 2.93. The van der Waals surface area contributed by atoms with Crippen LogP contribution in [0.5, 0.6) is 0 Å². The molecule has 0 radical (unpaired) electrons. The molecule has 26 heavy (non-hydrogen) atoms. The van der Waals surface area contributed by atoms with Crippen LogP contribution in [0.4, 0.5) is 11.6 Å². The predicted octanol–water partition coefficient (Wildman–Crippen LogP) is 6.41. The summed E-state index contributed by atoms with van der Waals surface area (Å²) < 4.78 is 11.2. The molecule has 2 heterocycles. The van der Waals surface area contributed by atoms with Crippen LogP contribution >= 0.6 is 23.2 Å². The molecular weight excluding hydrogens is 373 g/mol. The van der Waals surface area contributed by atoms with Crippen molar-refractivity contribution in [2.75, 3.05) is 5.32 Å². The topological polar surface area (TPSA) is 55.4 Å². The lowest BCUT2D eigenvalue weighted by Gasteiger charge is -2.08. The molecule has 0 fully saturated rings. The first-order chi connectivity index (χ1) is 12.5. The fourth-order valence-electron chi connectivity index (χ4n) is 2.85. The lowest BCUT2D eigenvalue weighted by atomic mass is 10.0. The quantitative estimate of drug-likeness (QED) is 0.442. The van der Waals surface area contributed by atoms with E-state index in [1.54, 1.807) is 31.2 Å². The molecule has 1 N–H and O–H groups in total. The normalized spacial score (nSPS) is 11.0. The first-order valence-electron chi connectivity index (χ1n) is 7.87. The van der Waals surface area contributed by atoms with Crippen LogP contribution in [0.2, 0.25) is 10.0 Å². The van der Waals surface area contributed by atoms with Crippen LogP contribution in [-0.2, 0) is 0 Å².